The quantitative estimate of drug-likeness (QED) is 0.400. The van der Waals surface area contributed by atoms with Crippen molar-refractivity contribution in [1.29, 1.82) is 0 Å². The summed E-state index contributed by atoms with van der Waals surface area (Å²) in [5.41, 5.74) is 3.11. The van der Waals surface area contributed by atoms with Gasteiger partial charge in [-0.2, -0.15) is 0 Å². The van der Waals surface area contributed by atoms with Gasteiger partial charge in [0, 0.05) is 38.1 Å². The topological polar surface area (TPSA) is 93.7 Å². The number of rotatable bonds is 2. The number of benzene rings is 1. The summed E-state index contributed by atoms with van der Waals surface area (Å²) in [5.74, 6) is 1.06. The maximum atomic E-state index is 13.9. The van der Waals surface area contributed by atoms with Crippen LogP contribution in [-0.2, 0) is 14.2 Å². The molecular weight excluding hydrogens is 536 g/mol. The number of anilines is 3. The fourth-order valence-electron chi connectivity index (χ4n) is 5.37. The minimum atomic E-state index is -0.716. The van der Waals surface area contributed by atoms with E-state index in [9.17, 15) is 9.59 Å². The number of ether oxygens (including phenoxy) is 4. The predicted molar refractivity (Wildman–Crippen MR) is 162 cm³/mol. The van der Waals surface area contributed by atoms with Crippen molar-refractivity contribution in [3.8, 4) is 5.75 Å². The molecule has 42 heavy (non-hydrogen) atoms. The van der Waals surface area contributed by atoms with Crippen LogP contribution in [0.4, 0.5) is 26.8 Å². The van der Waals surface area contributed by atoms with E-state index in [2.05, 4.69) is 4.90 Å². The van der Waals surface area contributed by atoms with Gasteiger partial charge in [0.2, 0.25) is 0 Å². The molecule has 2 amide bonds. The van der Waals surface area contributed by atoms with E-state index < -0.39 is 17.3 Å². The summed E-state index contributed by atoms with van der Waals surface area (Å²) in [4.78, 5) is 36.7. The third-order valence-electron chi connectivity index (χ3n) is 7.23. The van der Waals surface area contributed by atoms with Gasteiger partial charge in [-0.05, 0) is 84.2 Å². The van der Waals surface area contributed by atoms with Crippen LogP contribution in [0, 0.1) is 0 Å². The second-order valence-electron chi connectivity index (χ2n) is 12.8. The minimum absolute atomic E-state index is 0.322. The van der Waals surface area contributed by atoms with Gasteiger partial charge in [-0.3, -0.25) is 0 Å². The molecule has 3 aliphatic rings. The number of aromatic nitrogens is 1. The van der Waals surface area contributed by atoms with Crippen LogP contribution < -0.4 is 14.5 Å². The van der Waals surface area contributed by atoms with E-state index in [0.29, 0.717) is 50.0 Å². The molecule has 0 N–H and O–H groups in total. The van der Waals surface area contributed by atoms with Crippen LogP contribution in [0.15, 0.2) is 36.5 Å². The summed E-state index contributed by atoms with van der Waals surface area (Å²) < 4.78 is 23.6. The summed E-state index contributed by atoms with van der Waals surface area (Å²) in [7, 11) is 0. The van der Waals surface area contributed by atoms with Crippen molar-refractivity contribution in [2.24, 2.45) is 0 Å². The molecule has 0 radical (unpaired) electrons. The highest BCUT2D eigenvalue weighted by atomic mass is 16.6. The first-order chi connectivity index (χ1) is 19.8. The van der Waals surface area contributed by atoms with Gasteiger partial charge in [-0.25, -0.2) is 19.5 Å². The van der Waals surface area contributed by atoms with E-state index >= 15 is 0 Å². The molecule has 10 heteroatoms. The molecule has 1 aromatic heterocycles. The van der Waals surface area contributed by atoms with Crippen LogP contribution in [-0.4, -0.2) is 72.7 Å². The van der Waals surface area contributed by atoms with Gasteiger partial charge in [0.25, 0.3) is 0 Å². The van der Waals surface area contributed by atoms with Gasteiger partial charge < -0.3 is 28.7 Å². The number of fused-ring (bicyclic) bond motifs is 2. The Morgan fingerprint density at radius 1 is 0.929 bits per heavy atom. The second-order valence-corrected chi connectivity index (χ2v) is 12.8. The van der Waals surface area contributed by atoms with Gasteiger partial charge in [-0.1, -0.05) is 12.1 Å². The average molecular weight is 579 g/mol. The molecule has 2 aromatic rings. The highest BCUT2D eigenvalue weighted by Crippen LogP contribution is 2.47. The number of carbonyl (C=O) groups excluding carboxylic acids is 2. The first-order valence-electron chi connectivity index (χ1n) is 14.6. The Morgan fingerprint density at radius 3 is 2.26 bits per heavy atom. The number of hydrogen-bond acceptors (Lipinski definition) is 8. The fourth-order valence-corrected chi connectivity index (χ4v) is 5.37. The molecular formula is C32H42N4O6. The largest absolute Gasteiger partial charge is 0.484 e. The maximum Gasteiger partial charge on any atom is 0.420 e. The molecule has 4 heterocycles. The van der Waals surface area contributed by atoms with E-state index in [0.717, 1.165) is 35.5 Å². The van der Waals surface area contributed by atoms with Crippen molar-refractivity contribution in [3.63, 3.8) is 0 Å². The van der Waals surface area contributed by atoms with Crippen LogP contribution in [0.25, 0.3) is 5.57 Å². The summed E-state index contributed by atoms with van der Waals surface area (Å²) in [6, 6.07) is 7.83. The minimum Gasteiger partial charge on any atom is -0.484 e. The summed E-state index contributed by atoms with van der Waals surface area (Å²) in [6.45, 7) is 16.8. The Hall–Kier alpha value is -3.79. The molecule has 3 aliphatic heterocycles. The molecule has 0 spiro atoms. The SMILES string of the molecule is CC1Oc2ccc(C3=CCN(C(=O)OC(C)(C)C)CC3)cc2N(C(=O)OC(C)(C)C)c2nccc(N3CCOCC3)c21. The molecule has 1 aromatic carbocycles. The van der Waals surface area contributed by atoms with Crippen molar-refractivity contribution in [2.75, 3.05) is 49.2 Å². The average Bonchev–Trinajstić information content (AvgIpc) is 3.05. The molecule has 0 aliphatic carbocycles. The first kappa shape index (κ1) is 29.7. The van der Waals surface area contributed by atoms with E-state index in [4.69, 9.17) is 23.9 Å². The molecule has 1 unspecified atom stereocenters. The fraction of sp³-hybridized carbons (Fsp3) is 0.531. The maximum absolute atomic E-state index is 13.9. The van der Waals surface area contributed by atoms with Crippen LogP contribution >= 0.6 is 0 Å². The van der Waals surface area contributed by atoms with Gasteiger partial charge >= 0.3 is 12.2 Å². The standard InChI is InChI=1S/C32H42N4O6/c1-21-27-24(34-16-18-39-19-17-34)10-13-33-28(27)36(30(38)42-32(5,6)7)25-20-23(8-9-26(25)40-21)22-11-14-35(15-12-22)29(37)41-31(2,3)4/h8-11,13,20-21H,12,14-19H2,1-7H3. The van der Waals surface area contributed by atoms with Crippen molar-refractivity contribution < 1.29 is 28.5 Å². The van der Waals surface area contributed by atoms with Gasteiger partial charge in [0.1, 0.15) is 23.1 Å². The predicted octanol–water partition coefficient (Wildman–Crippen LogP) is 6.47. The lowest BCUT2D eigenvalue weighted by molar-refractivity contribution is 0.0270. The highest BCUT2D eigenvalue weighted by molar-refractivity contribution is 5.99. The molecule has 1 atom stereocenters. The van der Waals surface area contributed by atoms with E-state index in [1.807, 2.05) is 78.8 Å². The van der Waals surface area contributed by atoms with Gasteiger partial charge in [-0.15, -0.1) is 0 Å². The summed E-state index contributed by atoms with van der Waals surface area (Å²) in [6.07, 6.45) is 3.20. The Bertz CT molecular complexity index is 1370. The third kappa shape index (κ3) is 6.48. The molecule has 10 nitrogen and oxygen atoms in total. The number of amides is 2. The normalized spacial score (nSPS) is 19.2. The Kier molecular flexibility index (Phi) is 8.11. The summed E-state index contributed by atoms with van der Waals surface area (Å²) in [5, 5.41) is 0. The van der Waals surface area contributed by atoms with Gasteiger partial charge in [0.15, 0.2) is 5.82 Å². The lowest BCUT2D eigenvalue weighted by Gasteiger charge is -2.33. The molecule has 226 valence electrons. The zero-order chi connectivity index (χ0) is 30.2. The van der Waals surface area contributed by atoms with Crippen molar-refractivity contribution in [1.82, 2.24) is 9.88 Å². The number of hydrogen-bond donors (Lipinski definition) is 0. The molecule has 5 rings (SSSR count). The van der Waals surface area contributed by atoms with Crippen LogP contribution in [0.3, 0.4) is 0 Å². The van der Waals surface area contributed by atoms with Crippen LogP contribution in [0.5, 0.6) is 5.75 Å². The molecule has 1 fully saturated rings. The van der Waals surface area contributed by atoms with Crippen molar-refractivity contribution in [3.05, 3.63) is 47.7 Å². The van der Waals surface area contributed by atoms with E-state index in [1.165, 1.54) is 0 Å². The lowest BCUT2D eigenvalue weighted by atomic mass is 9.98. The highest BCUT2D eigenvalue weighted by Gasteiger charge is 2.37. The molecule has 0 bridgehead atoms. The number of nitrogens with zero attached hydrogens (tertiary/aromatic N) is 4. The lowest BCUT2D eigenvalue weighted by Crippen LogP contribution is -2.39. The summed E-state index contributed by atoms with van der Waals surface area (Å²) >= 11 is 0. The Labute approximate surface area is 248 Å². The smallest absolute Gasteiger partial charge is 0.420 e. The monoisotopic (exact) mass is 578 g/mol. The van der Waals surface area contributed by atoms with Gasteiger partial charge in [0.05, 0.1) is 24.5 Å². The number of pyridine rings is 1. The zero-order valence-corrected chi connectivity index (χ0v) is 25.7. The number of carbonyl (C=O) groups is 2. The van der Waals surface area contributed by atoms with E-state index in [1.54, 1.807) is 16.0 Å². The van der Waals surface area contributed by atoms with Crippen LogP contribution in [0.1, 0.15) is 72.1 Å². The zero-order valence-electron chi connectivity index (χ0n) is 25.7. The van der Waals surface area contributed by atoms with Crippen molar-refractivity contribution in [2.45, 2.75) is 72.2 Å². The first-order valence-corrected chi connectivity index (χ1v) is 14.6. The van der Waals surface area contributed by atoms with Crippen LogP contribution in [0.2, 0.25) is 0 Å². The molecule has 1 saturated heterocycles. The van der Waals surface area contributed by atoms with Crippen molar-refractivity contribution >= 4 is 35.0 Å². The Balaban J connectivity index is 1.54. The third-order valence-corrected chi connectivity index (χ3v) is 7.23. The number of morpholine rings is 1. The molecule has 0 saturated carbocycles. The van der Waals surface area contributed by atoms with E-state index in [-0.39, 0.29) is 12.2 Å². The second kappa shape index (κ2) is 11.5. The Morgan fingerprint density at radius 2 is 1.62 bits per heavy atom.